The van der Waals surface area contributed by atoms with Gasteiger partial charge in [0.25, 0.3) is 0 Å². The highest BCUT2D eigenvalue weighted by Gasteiger charge is 2.34. The molecule has 0 aliphatic carbocycles. The van der Waals surface area contributed by atoms with Crippen molar-refractivity contribution in [1.29, 1.82) is 0 Å². The molecule has 1 aliphatic heterocycles. The number of nitrogens with zero attached hydrogens (tertiary/aromatic N) is 3. The predicted molar refractivity (Wildman–Crippen MR) is 87.6 cm³/mol. The van der Waals surface area contributed by atoms with E-state index in [2.05, 4.69) is 4.98 Å². The van der Waals surface area contributed by atoms with Crippen LogP contribution in [0.1, 0.15) is 22.6 Å². The van der Waals surface area contributed by atoms with E-state index in [0.717, 1.165) is 12.1 Å². The number of carbonyl (C=O) groups is 1. The number of imidazole rings is 1. The first-order valence-electron chi connectivity index (χ1n) is 7.24. The van der Waals surface area contributed by atoms with Gasteiger partial charge in [0.1, 0.15) is 15.3 Å². The average Bonchev–Trinajstić information content (AvgIpc) is 2.83. The van der Waals surface area contributed by atoms with E-state index in [0.29, 0.717) is 27.8 Å². The smallest absolute Gasteiger partial charge is 0.416 e. The molecular formula is C15H12F4IN3O2. The van der Waals surface area contributed by atoms with Crippen LogP contribution < -0.4 is 0 Å². The highest BCUT2D eigenvalue weighted by molar-refractivity contribution is 14.1. The van der Waals surface area contributed by atoms with Gasteiger partial charge in [0.2, 0.25) is 0 Å². The molecular weight excluding hydrogens is 457 g/mol. The summed E-state index contributed by atoms with van der Waals surface area (Å²) in [5, 5.41) is 9.05. The van der Waals surface area contributed by atoms with Crippen LogP contribution in [-0.2, 0) is 25.7 Å². The number of halogens is 5. The molecule has 134 valence electrons. The van der Waals surface area contributed by atoms with Crippen LogP contribution in [0.4, 0.5) is 22.4 Å². The summed E-state index contributed by atoms with van der Waals surface area (Å²) in [6.45, 7) is 0.633. The van der Waals surface area contributed by atoms with E-state index in [9.17, 15) is 22.4 Å². The predicted octanol–water partition coefficient (Wildman–Crippen LogP) is 3.73. The second-order valence-electron chi connectivity index (χ2n) is 5.60. The zero-order valence-electron chi connectivity index (χ0n) is 12.6. The summed E-state index contributed by atoms with van der Waals surface area (Å²) >= 11 is 1.92. The van der Waals surface area contributed by atoms with Crippen molar-refractivity contribution < 1.29 is 27.5 Å². The minimum atomic E-state index is -4.66. The molecule has 1 amide bonds. The molecule has 0 saturated heterocycles. The summed E-state index contributed by atoms with van der Waals surface area (Å²) in [7, 11) is 0. The van der Waals surface area contributed by atoms with E-state index in [1.54, 1.807) is 4.57 Å². The first kappa shape index (κ1) is 18.0. The standard InChI is InChI=1S/C15H12F4IN3O2/c16-9-2-1-8(10(6-9)15(17,18)19)5-11-13(20)21-12-7-22(14(24)25)3-4-23(11)12/h1-2,6H,3-5,7H2,(H,24,25). The normalized spacial score (nSPS) is 14.5. The summed E-state index contributed by atoms with van der Waals surface area (Å²) < 4.78 is 55.0. The molecule has 0 unspecified atom stereocenters. The molecule has 0 atom stereocenters. The van der Waals surface area contributed by atoms with Crippen molar-refractivity contribution in [2.24, 2.45) is 0 Å². The van der Waals surface area contributed by atoms with Crippen LogP contribution in [0.15, 0.2) is 18.2 Å². The van der Waals surface area contributed by atoms with Crippen LogP contribution in [0, 0.1) is 9.52 Å². The SMILES string of the molecule is O=C(O)N1CCn2c(nc(I)c2Cc2ccc(F)cc2C(F)(F)F)C1. The second kappa shape index (κ2) is 6.46. The van der Waals surface area contributed by atoms with E-state index >= 15 is 0 Å². The summed E-state index contributed by atoms with van der Waals surface area (Å²) in [4.78, 5) is 16.5. The van der Waals surface area contributed by atoms with Crippen LogP contribution in [0.5, 0.6) is 0 Å². The summed E-state index contributed by atoms with van der Waals surface area (Å²) in [6, 6.07) is 2.61. The molecule has 0 spiro atoms. The van der Waals surface area contributed by atoms with Gasteiger partial charge in [0.05, 0.1) is 17.8 Å². The molecule has 0 radical (unpaired) electrons. The number of alkyl halides is 3. The molecule has 0 bridgehead atoms. The molecule has 2 aromatic rings. The second-order valence-corrected chi connectivity index (χ2v) is 6.62. The van der Waals surface area contributed by atoms with Crippen LogP contribution in [0.2, 0.25) is 0 Å². The summed E-state index contributed by atoms with van der Waals surface area (Å²) in [6.07, 6.45) is -5.79. The number of carboxylic acid groups (broad SMARTS) is 1. The van der Waals surface area contributed by atoms with E-state index < -0.39 is 23.7 Å². The number of benzene rings is 1. The van der Waals surface area contributed by atoms with Gasteiger partial charge in [-0.3, -0.25) is 4.90 Å². The molecule has 25 heavy (non-hydrogen) atoms. The Hall–Kier alpha value is -1.85. The number of aromatic nitrogens is 2. The minimum absolute atomic E-state index is 0.0461. The lowest BCUT2D eigenvalue weighted by Crippen LogP contribution is -2.37. The average molecular weight is 469 g/mol. The third-order valence-corrected chi connectivity index (χ3v) is 4.90. The Morgan fingerprint density at radius 3 is 2.68 bits per heavy atom. The zero-order chi connectivity index (χ0) is 18.4. The quantitative estimate of drug-likeness (QED) is 0.539. The maximum atomic E-state index is 13.2. The summed E-state index contributed by atoms with van der Waals surface area (Å²) in [5.74, 6) is -0.457. The number of fused-ring (bicyclic) bond motifs is 1. The molecule has 5 nitrogen and oxygen atoms in total. The Balaban J connectivity index is 1.97. The van der Waals surface area contributed by atoms with Gasteiger partial charge in [0.15, 0.2) is 0 Å². The molecule has 1 aromatic carbocycles. The highest BCUT2D eigenvalue weighted by atomic mass is 127. The molecule has 0 fully saturated rings. The fraction of sp³-hybridized carbons (Fsp3) is 0.333. The van der Waals surface area contributed by atoms with Gasteiger partial charge < -0.3 is 9.67 Å². The lowest BCUT2D eigenvalue weighted by molar-refractivity contribution is -0.138. The van der Waals surface area contributed by atoms with Crippen LogP contribution in [0.25, 0.3) is 0 Å². The molecule has 1 aliphatic rings. The van der Waals surface area contributed by atoms with Gasteiger partial charge >= 0.3 is 12.3 Å². The van der Waals surface area contributed by atoms with E-state index in [4.69, 9.17) is 5.11 Å². The Morgan fingerprint density at radius 2 is 2.04 bits per heavy atom. The molecule has 1 N–H and O–H groups in total. The van der Waals surface area contributed by atoms with Crippen molar-refractivity contribution in [2.45, 2.75) is 25.7 Å². The Labute approximate surface area is 153 Å². The van der Waals surface area contributed by atoms with Crippen molar-refractivity contribution >= 4 is 28.7 Å². The maximum absolute atomic E-state index is 13.2. The van der Waals surface area contributed by atoms with Crippen molar-refractivity contribution in [3.63, 3.8) is 0 Å². The Morgan fingerprint density at radius 1 is 1.32 bits per heavy atom. The monoisotopic (exact) mass is 469 g/mol. The van der Waals surface area contributed by atoms with Gasteiger partial charge in [-0.25, -0.2) is 14.2 Å². The maximum Gasteiger partial charge on any atom is 0.416 e. The van der Waals surface area contributed by atoms with E-state index in [-0.39, 0.29) is 25.1 Å². The van der Waals surface area contributed by atoms with Gasteiger partial charge in [0, 0.05) is 19.5 Å². The van der Waals surface area contributed by atoms with Crippen molar-refractivity contribution in [1.82, 2.24) is 14.5 Å². The van der Waals surface area contributed by atoms with Gasteiger partial charge in [-0.05, 0) is 40.3 Å². The van der Waals surface area contributed by atoms with E-state index in [1.165, 1.54) is 4.90 Å². The van der Waals surface area contributed by atoms with E-state index in [1.807, 2.05) is 22.6 Å². The number of amides is 1. The Bertz CT molecular complexity index is 835. The third-order valence-electron chi connectivity index (χ3n) is 4.03. The summed E-state index contributed by atoms with van der Waals surface area (Å²) in [5.41, 5.74) is -0.491. The largest absolute Gasteiger partial charge is 0.465 e. The third kappa shape index (κ3) is 3.58. The van der Waals surface area contributed by atoms with Crippen molar-refractivity contribution in [2.75, 3.05) is 6.54 Å². The highest BCUT2D eigenvalue weighted by Crippen LogP contribution is 2.34. The fourth-order valence-electron chi connectivity index (χ4n) is 2.84. The molecule has 2 heterocycles. The fourth-order valence-corrected chi connectivity index (χ4v) is 3.60. The first-order valence-corrected chi connectivity index (χ1v) is 8.32. The van der Waals surface area contributed by atoms with Gasteiger partial charge in [-0.15, -0.1) is 0 Å². The zero-order valence-corrected chi connectivity index (χ0v) is 14.8. The van der Waals surface area contributed by atoms with Crippen molar-refractivity contribution in [3.05, 3.63) is 50.4 Å². The lowest BCUT2D eigenvalue weighted by atomic mass is 10.0. The van der Waals surface area contributed by atoms with Crippen LogP contribution >= 0.6 is 22.6 Å². The van der Waals surface area contributed by atoms with Gasteiger partial charge in [-0.2, -0.15) is 13.2 Å². The molecule has 3 rings (SSSR count). The minimum Gasteiger partial charge on any atom is -0.465 e. The van der Waals surface area contributed by atoms with Gasteiger partial charge in [-0.1, -0.05) is 6.07 Å². The van der Waals surface area contributed by atoms with Crippen molar-refractivity contribution in [3.8, 4) is 0 Å². The number of hydrogen-bond donors (Lipinski definition) is 1. The number of hydrogen-bond acceptors (Lipinski definition) is 2. The molecule has 10 heteroatoms. The molecule has 0 saturated carbocycles. The topological polar surface area (TPSA) is 58.4 Å². The first-order chi connectivity index (χ1) is 11.7. The number of rotatable bonds is 2. The Kier molecular flexibility index (Phi) is 4.64. The molecule has 1 aromatic heterocycles. The van der Waals surface area contributed by atoms with Crippen LogP contribution in [0.3, 0.4) is 0 Å². The van der Waals surface area contributed by atoms with Crippen LogP contribution in [-0.4, -0.2) is 32.2 Å². The lowest BCUT2D eigenvalue weighted by Gasteiger charge is -2.26.